The first-order chi connectivity index (χ1) is 11.8. The number of hydrogen-bond acceptors (Lipinski definition) is 4. The Morgan fingerprint density at radius 2 is 1.67 bits per heavy atom. The molecule has 1 atom stereocenters. The molecule has 0 radical (unpaired) electrons. The highest BCUT2D eigenvalue weighted by Gasteiger charge is 2.04. The van der Waals surface area contributed by atoms with E-state index in [9.17, 15) is 5.11 Å². The molecule has 0 heterocycles. The molecule has 0 aliphatic rings. The van der Waals surface area contributed by atoms with Crippen molar-refractivity contribution in [2.24, 2.45) is 0 Å². The van der Waals surface area contributed by atoms with E-state index in [4.69, 9.17) is 9.47 Å². The van der Waals surface area contributed by atoms with E-state index in [0.717, 1.165) is 30.9 Å². The zero-order chi connectivity index (χ0) is 17.0. The maximum absolute atomic E-state index is 9.91. The predicted molar refractivity (Wildman–Crippen MR) is 96.7 cm³/mol. The summed E-state index contributed by atoms with van der Waals surface area (Å²) in [5.41, 5.74) is 1.30. The first kappa shape index (κ1) is 18.3. The molecule has 2 rings (SSSR count). The molecular formula is C20H27NO3. The number of hydrogen-bond donors (Lipinski definition) is 2. The van der Waals surface area contributed by atoms with Gasteiger partial charge in [-0.25, -0.2) is 0 Å². The Morgan fingerprint density at radius 1 is 0.958 bits per heavy atom. The molecule has 130 valence electrons. The second-order valence-corrected chi connectivity index (χ2v) is 5.66. The molecule has 24 heavy (non-hydrogen) atoms. The zero-order valence-corrected chi connectivity index (χ0v) is 14.3. The minimum absolute atomic E-state index is 0.301. The van der Waals surface area contributed by atoms with Crippen molar-refractivity contribution in [3.05, 3.63) is 60.2 Å². The summed E-state index contributed by atoms with van der Waals surface area (Å²) in [5, 5.41) is 13.2. The maximum Gasteiger partial charge on any atom is 0.119 e. The standard InChI is InChI=1S/C20H27NO3/c1-2-23-20-12-10-17(11-13-20)7-6-14-21-15-18(22)16-24-19-8-4-3-5-9-19/h3-5,8-13,18,21-22H,2,6-7,14-16H2,1H3. The Kier molecular flexibility index (Phi) is 8.15. The normalized spacial score (nSPS) is 11.9. The van der Waals surface area contributed by atoms with Gasteiger partial charge in [-0.1, -0.05) is 30.3 Å². The topological polar surface area (TPSA) is 50.7 Å². The average molecular weight is 329 g/mol. The van der Waals surface area contributed by atoms with Crippen molar-refractivity contribution in [2.75, 3.05) is 26.3 Å². The third kappa shape index (κ3) is 7.02. The molecule has 0 aliphatic heterocycles. The van der Waals surface area contributed by atoms with Crippen LogP contribution >= 0.6 is 0 Å². The molecule has 2 N–H and O–H groups in total. The van der Waals surface area contributed by atoms with Gasteiger partial charge in [-0.05, 0) is 56.1 Å². The summed E-state index contributed by atoms with van der Waals surface area (Å²) >= 11 is 0. The summed E-state index contributed by atoms with van der Waals surface area (Å²) < 4.78 is 11.0. The first-order valence-electron chi connectivity index (χ1n) is 8.56. The van der Waals surface area contributed by atoms with Crippen LogP contribution in [-0.2, 0) is 6.42 Å². The van der Waals surface area contributed by atoms with Gasteiger partial charge in [0.2, 0.25) is 0 Å². The van der Waals surface area contributed by atoms with E-state index < -0.39 is 6.10 Å². The Labute approximate surface area is 144 Å². The lowest BCUT2D eigenvalue weighted by Crippen LogP contribution is -2.32. The second-order valence-electron chi connectivity index (χ2n) is 5.66. The van der Waals surface area contributed by atoms with E-state index in [0.29, 0.717) is 19.8 Å². The van der Waals surface area contributed by atoms with Gasteiger partial charge < -0.3 is 19.9 Å². The summed E-state index contributed by atoms with van der Waals surface area (Å²) in [7, 11) is 0. The molecule has 0 bridgehead atoms. The van der Waals surface area contributed by atoms with Crippen LogP contribution in [0, 0.1) is 0 Å². The second kappa shape index (κ2) is 10.7. The average Bonchev–Trinajstić information content (AvgIpc) is 2.62. The molecular weight excluding hydrogens is 302 g/mol. The van der Waals surface area contributed by atoms with E-state index in [-0.39, 0.29) is 0 Å². The van der Waals surface area contributed by atoms with Gasteiger partial charge in [0.1, 0.15) is 24.2 Å². The molecule has 0 amide bonds. The molecule has 2 aromatic carbocycles. The van der Waals surface area contributed by atoms with Crippen LogP contribution in [0.3, 0.4) is 0 Å². The highest BCUT2D eigenvalue weighted by molar-refractivity contribution is 5.27. The molecule has 0 spiro atoms. The SMILES string of the molecule is CCOc1ccc(CCCNCC(O)COc2ccccc2)cc1. The Balaban J connectivity index is 1.54. The quantitative estimate of drug-likeness (QED) is 0.622. The largest absolute Gasteiger partial charge is 0.494 e. The van der Waals surface area contributed by atoms with Gasteiger partial charge in [0.25, 0.3) is 0 Å². The van der Waals surface area contributed by atoms with E-state index in [1.54, 1.807) is 0 Å². The number of benzene rings is 2. The summed E-state index contributed by atoms with van der Waals surface area (Å²) in [5.74, 6) is 1.70. The zero-order valence-electron chi connectivity index (χ0n) is 14.3. The lowest BCUT2D eigenvalue weighted by molar-refractivity contribution is 0.106. The monoisotopic (exact) mass is 329 g/mol. The van der Waals surface area contributed by atoms with Gasteiger partial charge in [-0.2, -0.15) is 0 Å². The molecule has 0 aliphatic carbocycles. The minimum atomic E-state index is -0.504. The van der Waals surface area contributed by atoms with Crippen LogP contribution in [0.25, 0.3) is 0 Å². The molecule has 4 nitrogen and oxygen atoms in total. The van der Waals surface area contributed by atoms with Gasteiger partial charge in [0.15, 0.2) is 0 Å². The molecule has 0 fully saturated rings. The van der Waals surface area contributed by atoms with E-state index >= 15 is 0 Å². The van der Waals surface area contributed by atoms with Gasteiger partial charge in [0, 0.05) is 6.54 Å². The number of nitrogens with one attached hydrogen (secondary N) is 1. The summed E-state index contributed by atoms with van der Waals surface area (Å²) in [6.07, 6.45) is 1.53. The molecule has 1 unspecified atom stereocenters. The van der Waals surface area contributed by atoms with Crippen LogP contribution < -0.4 is 14.8 Å². The number of para-hydroxylation sites is 1. The third-order valence-corrected chi connectivity index (χ3v) is 3.62. The van der Waals surface area contributed by atoms with E-state index in [2.05, 4.69) is 17.4 Å². The van der Waals surface area contributed by atoms with Crippen molar-refractivity contribution in [1.29, 1.82) is 0 Å². The lowest BCUT2D eigenvalue weighted by Gasteiger charge is -2.13. The van der Waals surface area contributed by atoms with Gasteiger partial charge in [0.05, 0.1) is 6.61 Å². The molecule has 2 aromatic rings. The fourth-order valence-electron chi connectivity index (χ4n) is 2.37. The fourth-order valence-corrected chi connectivity index (χ4v) is 2.37. The van der Waals surface area contributed by atoms with Crippen molar-refractivity contribution in [1.82, 2.24) is 5.32 Å². The van der Waals surface area contributed by atoms with Crippen molar-refractivity contribution >= 4 is 0 Å². The fraction of sp³-hybridized carbons (Fsp3) is 0.400. The lowest BCUT2D eigenvalue weighted by atomic mass is 10.1. The van der Waals surface area contributed by atoms with Gasteiger partial charge in [-0.15, -0.1) is 0 Å². The van der Waals surface area contributed by atoms with Crippen LogP contribution in [0.2, 0.25) is 0 Å². The predicted octanol–water partition coefficient (Wildman–Crippen LogP) is 3.05. The van der Waals surface area contributed by atoms with Crippen LogP contribution in [0.15, 0.2) is 54.6 Å². The molecule has 0 saturated heterocycles. The number of rotatable bonds is 11. The maximum atomic E-state index is 9.91. The van der Waals surface area contributed by atoms with Crippen LogP contribution in [0.5, 0.6) is 11.5 Å². The third-order valence-electron chi connectivity index (χ3n) is 3.62. The molecule has 0 aromatic heterocycles. The summed E-state index contributed by atoms with van der Waals surface area (Å²) in [4.78, 5) is 0. The van der Waals surface area contributed by atoms with Crippen molar-refractivity contribution in [3.8, 4) is 11.5 Å². The summed E-state index contributed by atoms with van der Waals surface area (Å²) in [6.45, 7) is 4.39. The highest BCUT2D eigenvalue weighted by atomic mass is 16.5. The first-order valence-corrected chi connectivity index (χ1v) is 8.56. The summed E-state index contributed by atoms with van der Waals surface area (Å²) in [6, 6.07) is 17.8. The minimum Gasteiger partial charge on any atom is -0.494 e. The van der Waals surface area contributed by atoms with Gasteiger partial charge >= 0.3 is 0 Å². The van der Waals surface area contributed by atoms with Crippen molar-refractivity contribution < 1.29 is 14.6 Å². The smallest absolute Gasteiger partial charge is 0.119 e. The van der Waals surface area contributed by atoms with Crippen molar-refractivity contribution in [2.45, 2.75) is 25.9 Å². The van der Waals surface area contributed by atoms with E-state index in [1.165, 1.54) is 5.56 Å². The Bertz CT molecular complexity index is 557. The number of aliphatic hydroxyl groups is 1. The number of aliphatic hydroxyl groups excluding tert-OH is 1. The number of aryl methyl sites for hydroxylation is 1. The molecule has 4 heteroatoms. The van der Waals surface area contributed by atoms with Crippen LogP contribution in [-0.4, -0.2) is 37.5 Å². The van der Waals surface area contributed by atoms with Crippen molar-refractivity contribution in [3.63, 3.8) is 0 Å². The van der Waals surface area contributed by atoms with Gasteiger partial charge in [-0.3, -0.25) is 0 Å². The Morgan fingerprint density at radius 3 is 2.38 bits per heavy atom. The highest BCUT2D eigenvalue weighted by Crippen LogP contribution is 2.13. The Hall–Kier alpha value is -2.04. The number of ether oxygens (including phenoxy) is 2. The van der Waals surface area contributed by atoms with E-state index in [1.807, 2.05) is 49.4 Å². The van der Waals surface area contributed by atoms with Crippen LogP contribution in [0.1, 0.15) is 18.9 Å². The molecule has 0 saturated carbocycles. The van der Waals surface area contributed by atoms with Crippen LogP contribution in [0.4, 0.5) is 0 Å².